The minimum atomic E-state index is -1.32. The molecule has 0 fully saturated rings. The van der Waals surface area contributed by atoms with Crippen molar-refractivity contribution in [3.8, 4) is 0 Å². The highest BCUT2D eigenvalue weighted by Crippen LogP contribution is 2.34. The van der Waals surface area contributed by atoms with Gasteiger partial charge in [-0.25, -0.2) is 0 Å². The molecular weight excluding hydrogens is 406 g/mol. The van der Waals surface area contributed by atoms with E-state index in [1.165, 1.54) is 34.9 Å². The molecule has 0 unspecified atom stereocenters. The van der Waals surface area contributed by atoms with Crippen LogP contribution in [0, 0.1) is 10.1 Å². The number of nitro groups is 1. The maximum Gasteiger partial charge on any atom is 0.292 e. The molecule has 0 aromatic heterocycles. The SMILES string of the molecule is CC1=C(SC(C)C)C(=O)N(C(C)(C)C(=O)Nc2cc(Cl)ccc2[N+](=O)[O-])CO1. The van der Waals surface area contributed by atoms with Gasteiger partial charge in [0, 0.05) is 16.3 Å². The molecule has 1 heterocycles. The number of carbonyl (C=O) groups excluding carboxylic acids is 2. The lowest BCUT2D eigenvalue weighted by Gasteiger charge is -2.40. The topological polar surface area (TPSA) is 102 Å². The van der Waals surface area contributed by atoms with Gasteiger partial charge in [-0.2, -0.15) is 0 Å². The van der Waals surface area contributed by atoms with Crippen molar-refractivity contribution >= 4 is 46.6 Å². The summed E-state index contributed by atoms with van der Waals surface area (Å²) in [6, 6.07) is 3.88. The second kappa shape index (κ2) is 8.40. The van der Waals surface area contributed by atoms with Gasteiger partial charge in [-0.1, -0.05) is 25.4 Å². The molecular formula is C18H22ClN3O5S. The molecule has 0 saturated carbocycles. The van der Waals surface area contributed by atoms with E-state index < -0.39 is 16.4 Å². The first-order valence-electron chi connectivity index (χ1n) is 8.52. The van der Waals surface area contributed by atoms with Crippen LogP contribution in [0.1, 0.15) is 34.6 Å². The Morgan fingerprint density at radius 1 is 1.43 bits per heavy atom. The van der Waals surface area contributed by atoms with Crippen molar-refractivity contribution in [1.29, 1.82) is 0 Å². The highest BCUT2D eigenvalue weighted by molar-refractivity contribution is 8.04. The molecule has 0 aliphatic carbocycles. The lowest BCUT2D eigenvalue weighted by Crippen LogP contribution is -2.57. The number of halogens is 1. The van der Waals surface area contributed by atoms with E-state index in [0.717, 1.165) is 0 Å². The van der Waals surface area contributed by atoms with Crippen molar-refractivity contribution in [3.63, 3.8) is 0 Å². The van der Waals surface area contributed by atoms with Crippen LogP contribution in [-0.2, 0) is 14.3 Å². The van der Waals surface area contributed by atoms with Crippen LogP contribution in [-0.4, -0.2) is 39.2 Å². The summed E-state index contributed by atoms with van der Waals surface area (Å²) >= 11 is 7.27. The summed E-state index contributed by atoms with van der Waals surface area (Å²) in [5.74, 6) is -0.395. The van der Waals surface area contributed by atoms with Gasteiger partial charge in [0.05, 0.1) is 4.92 Å². The monoisotopic (exact) mass is 427 g/mol. The van der Waals surface area contributed by atoms with Crippen LogP contribution in [0.5, 0.6) is 0 Å². The fourth-order valence-electron chi connectivity index (χ4n) is 2.51. The summed E-state index contributed by atoms with van der Waals surface area (Å²) in [5, 5.41) is 14.1. The Morgan fingerprint density at radius 2 is 2.07 bits per heavy atom. The lowest BCUT2D eigenvalue weighted by atomic mass is 10.0. The van der Waals surface area contributed by atoms with Crippen molar-refractivity contribution in [3.05, 3.63) is 44.0 Å². The van der Waals surface area contributed by atoms with Gasteiger partial charge < -0.3 is 10.1 Å². The molecule has 1 N–H and O–H groups in total. The van der Waals surface area contributed by atoms with Crippen LogP contribution in [0.2, 0.25) is 5.02 Å². The van der Waals surface area contributed by atoms with Gasteiger partial charge in [0.2, 0.25) is 5.91 Å². The summed E-state index contributed by atoms with van der Waals surface area (Å²) in [6.07, 6.45) is 0. The first-order chi connectivity index (χ1) is 12.9. The number of nitro benzene ring substituents is 1. The summed E-state index contributed by atoms with van der Waals surface area (Å²) in [6.45, 7) is 8.63. The van der Waals surface area contributed by atoms with Crippen LogP contribution in [0.4, 0.5) is 11.4 Å². The lowest BCUT2D eigenvalue weighted by molar-refractivity contribution is -0.383. The van der Waals surface area contributed by atoms with Crippen LogP contribution in [0.15, 0.2) is 28.9 Å². The van der Waals surface area contributed by atoms with Crippen LogP contribution in [0.3, 0.4) is 0 Å². The van der Waals surface area contributed by atoms with Gasteiger partial charge >= 0.3 is 0 Å². The molecule has 0 bridgehead atoms. The molecule has 0 saturated heterocycles. The molecule has 1 aliphatic rings. The molecule has 2 rings (SSSR count). The zero-order valence-corrected chi connectivity index (χ0v) is 17.8. The van der Waals surface area contributed by atoms with Crippen molar-refractivity contribution in [2.24, 2.45) is 0 Å². The van der Waals surface area contributed by atoms with Gasteiger partial charge in [-0.3, -0.25) is 24.6 Å². The van der Waals surface area contributed by atoms with E-state index in [0.29, 0.717) is 10.7 Å². The van der Waals surface area contributed by atoms with E-state index in [9.17, 15) is 19.7 Å². The molecule has 1 aromatic rings. The number of amides is 2. The maximum absolute atomic E-state index is 13.0. The van der Waals surface area contributed by atoms with Crippen LogP contribution < -0.4 is 5.32 Å². The Labute approximate surface area is 172 Å². The van der Waals surface area contributed by atoms with Crippen LogP contribution in [0.25, 0.3) is 0 Å². The first kappa shape index (κ1) is 22.0. The van der Waals surface area contributed by atoms with E-state index in [1.807, 2.05) is 13.8 Å². The molecule has 2 amide bonds. The van der Waals surface area contributed by atoms with Gasteiger partial charge in [0.1, 0.15) is 21.9 Å². The van der Waals surface area contributed by atoms with E-state index in [4.69, 9.17) is 16.3 Å². The number of anilines is 1. The van der Waals surface area contributed by atoms with Crippen molar-refractivity contribution in [1.82, 2.24) is 4.90 Å². The van der Waals surface area contributed by atoms with Crippen molar-refractivity contribution in [2.45, 2.75) is 45.4 Å². The minimum absolute atomic E-state index is 0.0375. The fraction of sp³-hybridized carbons (Fsp3) is 0.444. The summed E-state index contributed by atoms with van der Waals surface area (Å²) in [4.78, 5) is 38.2. The van der Waals surface area contributed by atoms with E-state index in [1.54, 1.807) is 20.8 Å². The number of hydrogen-bond donors (Lipinski definition) is 1. The van der Waals surface area contributed by atoms with Gasteiger partial charge in [0.15, 0.2) is 6.73 Å². The molecule has 8 nitrogen and oxygen atoms in total. The molecule has 0 atom stereocenters. The molecule has 0 radical (unpaired) electrons. The van der Waals surface area contributed by atoms with Gasteiger partial charge in [0.25, 0.3) is 11.6 Å². The number of benzene rings is 1. The largest absolute Gasteiger partial charge is 0.476 e. The molecule has 28 heavy (non-hydrogen) atoms. The molecule has 10 heteroatoms. The minimum Gasteiger partial charge on any atom is -0.476 e. The Bertz CT molecular complexity index is 854. The molecule has 1 aliphatic heterocycles. The van der Waals surface area contributed by atoms with Gasteiger partial charge in [-0.05, 0) is 32.9 Å². The number of nitrogens with zero attached hydrogens (tertiary/aromatic N) is 2. The van der Waals surface area contributed by atoms with E-state index in [-0.39, 0.29) is 34.3 Å². The maximum atomic E-state index is 13.0. The molecule has 1 aromatic carbocycles. The summed E-state index contributed by atoms with van der Waals surface area (Å²) in [5.41, 5.74) is -1.65. The zero-order valence-electron chi connectivity index (χ0n) is 16.2. The second-order valence-electron chi connectivity index (χ2n) is 6.99. The Kier molecular flexibility index (Phi) is 6.61. The van der Waals surface area contributed by atoms with E-state index >= 15 is 0 Å². The second-order valence-corrected chi connectivity index (χ2v) is 9.01. The third-order valence-electron chi connectivity index (χ3n) is 4.16. The zero-order chi connectivity index (χ0) is 21.2. The first-order valence-corrected chi connectivity index (χ1v) is 9.78. The highest BCUT2D eigenvalue weighted by atomic mass is 35.5. The Hall–Kier alpha value is -2.26. The van der Waals surface area contributed by atoms with Gasteiger partial charge in [-0.15, -0.1) is 11.8 Å². The predicted molar refractivity (Wildman–Crippen MR) is 109 cm³/mol. The average molecular weight is 428 g/mol. The van der Waals surface area contributed by atoms with E-state index in [2.05, 4.69) is 5.32 Å². The van der Waals surface area contributed by atoms with Crippen molar-refractivity contribution < 1.29 is 19.2 Å². The molecule has 152 valence electrons. The third kappa shape index (κ3) is 4.59. The van der Waals surface area contributed by atoms with Crippen molar-refractivity contribution in [2.75, 3.05) is 12.0 Å². The number of nitrogens with one attached hydrogen (secondary N) is 1. The highest BCUT2D eigenvalue weighted by Gasteiger charge is 2.42. The quantitative estimate of drug-likeness (QED) is 0.540. The number of allylic oxidation sites excluding steroid dienone is 1. The predicted octanol–water partition coefficient (Wildman–Crippen LogP) is 4.15. The Balaban J connectivity index is 2.30. The number of hydrogen-bond acceptors (Lipinski definition) is 6. The number of thioether (sulfide) groups is 1. The number of rotatable bonds is 6. The average Bonchev–Trinajstić information content (AvgIpc) is 2.57. The summed E-state index contributed by atoms with van der Waals surface area (Å²) in [7, 11) is 0. The normalized spacial score (nSPS) is 15.0. The standard InChI is InChI=1S/C18H22ClN3O5S/c1-10(2)28-15-11(3)27-9-21(16(15)23)18(4,5)17(24)20-13-8-12(19)6-7-14(13)22(25)26/h6-8,10H,9H2,1-5H3,(H,20,24). The van der Waals surface area contributed by atoms with Crippen LogP contribution >= 0.6 is 23.4 Å². The number of carbonyl (C=O) groups is 2. The smallest absolute Gasteiger partial charge is 0.292 e. The number of ether oxygens (including phenoxy) is 1. The summed E-state index contributed by atoms with van der Waals surface area (Å²) < 4.78 is 5.60. The Morgan fingerprint density at radius 3 is 2.64 bits per heavy atom. The molecule has 0 spiro atoms. The third-order valence-corrected chi connectivity index (χ3v) is 5.56. The fourth-order valence-corrected chi connectivity index (χ4v) is 3.59.